The first kappa shape index (κ1) is 10.2. The van der Waals surface area contributed by atoms with Crippen molar-refractivity contribution in [1.82, 2.24) is 0 Å². The molecule has 0 amide bonds. The Morgan fingerprint density at radius 2 is 2.00 bits per heavy atom. The van der Waals surface area contributed by atoms with Crippen molar-refractivity contribution < 1.29 is 28.3 Å². The molecule has 0 saturated carbocycles. The van der Waals surface area contributed by atoms with E-state index in [9.17, 15) is 9.13 Å². The maximum Gasteiger partial charge on any atom is 0.694 e. The van der Waals surface area contributed by atoms with E-state index < -0.39 is 28.6 Å². The summed E-state index contributed by atoms with van der Waals surface area (Å²) in [6.07, 6.45) is -0.533. The summed E-state index contributed by atoms with van der Waals surface area (Å²) in [6.45, 7) is -0.407. The van der Waals surface area contributed by atoms with Gasteiger partial charge in [-0.3, -0.25) is 4.57 Å². The van der Waals surface area contributed by atoms with Crippen molar-refractivity contribution in [3.8, 4) is 0 Å². The molecule has 0 aromatic rings. The first-order valence-corrected chi connectivity index (χ1v) is 5.18. The summed E-state index contributed by atoms with van der Waals surface area (Å²) in [4.78, 5) is 24.4. The zero-order valence-corrected chi connectivity index (χ0v) is 6.66. The fourth-order valence-electron chi connectivity index (χ4n) is 0.238. The molecule has 8 heteroatoms. The molecule has 0 fully saturated rings. The van der Waals surface area contributed by atoms with E-state index >= 15 is 0 Å². The average molecular weight is 189 g/mol. The summed E-state index contributed by atoms with van der Waals surface area (Å²) < 4.78 is 23.8. The normalized spacial score (nSPS) is 13.3. The minimum Gasteiger partial charge on any atom is -0.324 e. The zero-order chi connectivity index (χ0) is 8.20. The van der Waals surface area contributed by atoms with E-state index in [4.69, 9.17) is 14.7 Å². The lowest BCUT2D eigenvalue weighted by Crippen LogP contribution is -1.95. The maximum atomic E-state index is 10.1. The standard InChI is InChI=1S/C2H6O6P2/c3-9(4)8-1-2-10(5,6)7/h1-2H2,(H2-,3,4,5,6,7)/p+1. The van der Waals surface area contributed by atoms with Crippen molar-refractivity contribution in [3.05, 3.63) is 0 Å². The van der Waals surface area contributed by atoms with Crippen LogP contribution in [0.25, 0.3) is 0 Å². The van der Waals surface area contributed by atoms with Crippen LogP contribution in [-0.4, -0.2) is 27.4 Å². The molecular formula is C2H7O6P2+. The third-order valence-corrected chi connectivity index (χ3v) is 1.75. The molecule has 0 aliphatic carbocycles. The lowest BCUT2D eigenvalue weighted by molar-refractivity contribution is 0.287. The highest BCUT2D eigenvalue weighted by molar-refractivity contribution is 7.51. The van der Waals surface area contributed by atoms with Gasteiger partial charge in [-0.2, -0.15) is 0 Å². The molecule has 1 unspecified atom stereocenters. The molecule has 6 nitrogen and oxygen atoms in total. The molecule has 1 atom stereocenters. The quantitative estimate of drug-likeness (QED) is 0.530. The van der Waals surface area contributed by atoms with Crippen molar-refractivity contribution in [2.24, 2.45) is 0 Å². The van der Waals surface area contributed by atoms with E-state index in [1.54, 1.807) is 0 Å². The molecule has 10 heavy (non-hydrogen) atoms. The van der Waals surface area contributed by atoms with E-state index in [2.05, 4.69) is 4.52 Å². The van der Waals surface area contributed by atoms with Gasteiger partial charge in [-0.1, -0.05) is 0 Å². The third kappa shape index (κ3) is 8.17. The van der Waals surface area contributed by atoms with Crippen LogP contribution in [0.15, 0.2) is 0 Å². The van der Waals surface area contributed by atoms with Crippen LogP contribution < -0.4 is 0 Å². The summed E-state index contributed by atoms with van der Waals surface area (Å²) in [5, 5.41) is 0. The van der Waals surface area contributed by atoms with Gasteiger partial charge in [0.05, 0.1) is 6.16 Å². The summed E-state index contributed by atoms with van der Waals surface area (Å²) in [7, 11) is -6.83. The Morgan fingerprint density at radius 3 is 2.30 bits per heavy atom. The minimum absolute atomic E-state index is 0.407. The highest BCUT2D eigenvalue weighted by atomic mass is 31.2. The topological polar surface area (TPSA) is 104 Å². The van der Waals surface area contributed by atoms with Gasteiger partial charge in [0.15, 0.2) is 0 Å². The van der Waals surface area contributed by atoms with Crippen LogP contribution in [0, 0.1) is 0 Å². The highest BCUT2D eigenvalue weighted by Gasteiger charge is 2.18. The molecular weight excluding hydrogens is 182 g/mol. The van der Waals surface area contributed by atoms with Gasteiger partial charge in [-0.15, -0.1) is 9.42 Å². The zero-order valence-electron chi connectivity index (χ0n) is 4.88. The van der Waals surface area contributed by atoms with Gasteiger partial charge < -0.3 is 9.79 Å². The largest absolute Gasteiger partial charge is 0.694 e. The average Bonchev–Trinajstić information content (AvgIpc) is 1.59. The van der Waals surface area contributed by atoms with Gasteiger partial charge in [0.25, 0.3) is 0 Å². The predicted octanol–water partition coefficient (Wildman–Crippen LogP) is -0.170. The van der Waals surface area contributed by atoms with E-state index in [0.717, 1.165) is 0 Å². The fourth-order valence-corrected chi connectivity index (χ4v) is 0.958. The van der Waals surface area contributed by atoms with Crippen molar-refractivity contribution in [3.63, 3.8) is 0 Å². The second kappa shape index (κ2) is 4.13. The highest BCUT2D eigenvalue weighted by Crippen LogP contribution is 2.34. The van der Waals surface area contributed by atoms with Gasteiger partial charge in [0.1, 0.15) is 6.61 Å². The third-order valence-electron chi connectivity index (χ3n) is 0.584. The van der Waals surface area contributed by atoms with Gasteiger partial charge in [0.2, 0.25) is 0 Å². The SMILES string of the molecule is O=[P+](O)OCCP(=O)(O)O. The van der Waals surface area contributed by atoms with E-state index in [-0.39, 0.29) is 0 Å². The molecule has 0 radical (unpaired) electrons. The molecule has 0 aliphatic heterocycles. The van der Waals surface area contributed by atoms with E-state index in [0.29, 0.717) is 0 Å². The molecule has 0 bridgehead atoms. The van der Waals surface area contributed by atoms with Crippen molar-refractivity contribution >= 4 is 15.9 Å². The maximum absolute atomic E-state index is 10.1. The Balaban J connectivity index is 3.39. The van der Waals surface area contributed by atoms with Crippen LogP contribution in [0.3, 0.4) is 0 Å². The van der Waals surface area contributed by atoms with Crippen LogP contribution in [-0.2, 0) is 13.7 Å². The second-order valence-electron chi connectivity index (χ2n) is 1.46. The summed E-state index contributed by atoms with van der Waals surface area (Å²) in [5.74, 6) is 0. The van der Waals surface area contributed by atoms with Crippen LogP contribution in [0.1, 0.15) is 0 Å². The molecule has 0 saturated heterocycles. The first-order chi connectivity index (χ1) is 4.42. The van der Waals surface area contributed by atoms with Gasteiger partial charge in [-0.25, -0.2) is 0 Å². The molecule has 0 aromatic heterocycles. The molecule has 0 spiro atoms. The number of hydrogen-bond acceptors (Lipinski definition) is 3. The van der Waals surface area contributed by atoms with Crippen molar-refractivity contribution in [2.45, 2.75) is 0 Å². The van der Waals surface area contributed by atoms with Crippen molar-refractivity contribution in [1.29, 1.82) is 0 Å². The molecule has 0 heterocycles. The Morgan fingerprint density at radius 1 is 1.50 bits per heavy atom. The molecule has 0 aromatic carbocycles. The summed E-state index contributed by atoms with van der Waals surface area (Å²) in [5.41, 5.74) is 0. The molecule has 60 valence electrons. The van der Waals surface area contributed by atoms with Gasteiger partial charge >= 0.3 is 15.9 Å². The second-order valence-corrected chi connectivity index (χ2v) is 3.97. The Kier molecular flexibility index (Phi) is 4.20. The van der Waals surface area contributed by atoms with Crippen molar-refractivity contribution in [2.75, 3.05) is 12.8 Å². The summed E-state index contributed by atoms with van der Waals surface area (Å²) >= 11 is 0. The number of hydrogen-bond donors (Lipinski definition) is 3. The number of rotatable bonds is 4. The van der Waals surface area contributed by atoms with E-state index in [1.807, 2.05) is 0 Å². The summed E-state index contributed by atoms with van der Waals surface area (Å²) in [6, 6.07) is 0. The lowest BCUT2D eigenvalue weighted by Gasteiger charge is -1.96. The fraction of sp³-hybridized carbons (Fsp3) is 1.00. The Hall–Kier alpha value is 0.170. The minimum atomic E-state index is -4.09. The lowest BCUT2D eigenvalue weighted by atomic mass is 10.9. The Bertz CT molecular complexity index is 159. The van der Waals surface area contributed by atoms with Gasteiger partial charge in [0, 0.05) is 4.57 Å². The van der Waals surface area contributed by atoms with Crippen LogP contribution in [0.5, 0.6) is 0 Å². The van der Waals surface area contributed by atoms with Gasteiger partial charge in [-0.05, 0) is 0 Å². The van der Waals surface area contributed by atoms with Crippen LogP contribution in [0.2, 0.25) is 0 Å². The first-order valence-electron chi connectivity index (χ1n) is 2.25. The Labute approximate surface area is 57.9 Å². The smallest absolute Gasteiger partial charge is 0.324 e. The molecule has 0 aliphatic rings. The monoisotopic (exact) mass is 189 g/mol. The van der Waals surface area contributed by atoms with Crippen LogP contribution >= 0.6 is 15.9 Å². The van der Waals surface area contributed by atoms with E-state index in [1.165, 1.54) is 0 Å². The van der Waals surface area contributed by atoms with Crippen LogP contribution in [0.4, 0.5) is 0 Å². The predicted molar refractivity (Wildman–Crippen MR) is 32.7 cm³/mol. The molecule has 3 N–H and O–H groups in total. The molecule has 0 rings (SSSR count).